The average molecular weight is 281 g/mol. The highest BCUT2D eigenvalue weighted by molar-refractivity contribution is 5.98. The summed E-state index contributed by atoms with van der Waals surface area (Å²) in [5.41, 5.74) is 0.977. The molecule has 0 unspecified atom stereocenters. The van der Waals surface area contributed by atoms with Gasteiger partial charge in [0.05, 0.1) is 13.2 Å². The lowest BCUT2D eigenvalue weighted by atomic mass is 10.1. The molecule has 108 valence electrons. The highest BCUT2D eigenvalue weighted by atomic mass is 19.1. The van der Waals surface area contributed by atoms with E-state index in [-0.39, 0.29) is 32.1 Å². The van der Waals surface area contributed by atoms with Crippen LogP contribution in [0.2, 0.25) is 0 Å². The van der Waals surface area contributed by atoms with E-state index in [2.05, 4.69) is 0 Å². The van der Waals surface area contributed by atoms with Crippen LogP contribution in [0.4, 0.5) is 4.39 Å². The van der Waals surface area contributed by atoms with E-state index >= 15 is 0 Å². The van der Waals surface area contributed by atoms with E-state index in [1.165, 1.54) is 23.1 Å². The Kier molecular flexibility index (Phi) is 4.36. The fraction of sp³-hybridized carbons (Fsp3) is 0.357. The van der Waals surface area contributed by atoms with Crippen LogP contribution in [0.25, 0.3) is 11.0 Å². The zero-order valence-electron chi connectivity index (χ0n) is 11.1. The lowest BCUT2D eigenvalue weighted by Crippen LogP contribution is -2.35. The zero-order chi connectivity index (χ0) is 14.7. The Morgan fingerprint density at radius 3 is 2.55 bits per heavy atom. The van der Waals surface area contributed by atoms with Crippen molar-refractivity contribution in [3.05, 3.63) is 35.3 Å². The highest BCUT2D eigenvalue weighted by Crippen LogP contribution is 2.26. The lowest BCUT2D eigenvalue weighted by Gasteiger charge is -2.19. The van der Waals surface area contributed by atoms with Crippen LogP contribution in [-0.4, -0.2) is 47.3 Å². The fourth-order valence-electron chi connectivity index (χ4n) is 2.10. The Labute approximate surface area is 115 Å². The number of aliphatic hydroxyl groups excluding tert-OH is 2. The van der Waals surface area contributed by atoms with Crippen LogP contribution in [0.15, 0.2) is 22.6 Å². The number of hydrogen-bond acceptors (Lipinski definition) is 4. The number of aryl methyl sites for hydroxylation is 1. The van der Waals surface area contributed by atoms with Gasteiger partial charge in [0.2, 0.25) is 0 Å². The van der Waals surface area contributed by atoms with Crippen molar-refractivity contribution in [3.63, 3.8) is 0 Å². The van der Waals surface area contributed by atoms with Crippen molar-refractivity contribution < 1.29 is 23.8 Å². The minimum atomic E-state index is -0.429. The first kappa shape index (κ1) is 14.5. The topological polar surface area (TPSA) is 73.9 Å². The number of benzene rings is 1. The molecule has 0 saturated carbocycles. The van der Waals surface area contributed by atoms with Gasteiger partial charge in [0.25, 0.3) is 5.91 Å². The minimum Gasteiger partial charge on any atom is -0.451 e. The average Bonchev–Trinajstić information content (AvgIpc) is 2.75. The monoisotopic (exact) mass is 281 g/mol. The molecule has 2 N–H and O–H groups in total. The van der Waals surface area contributed by atoms with E-state index in [9.17, 15) is 9.18 Å². The molecule has 0 saturated heterocycles. The summed E-state index contributed by atoms with van der Waals surface area (Å²) in [5, 5.41) is 18.4. The molecule has 1 amide bonds. The number of carbonyl (C=O) groups is 1. The molecular weight excluding hydrogens is 265 g/mol. The summed E-state index contributed by atoms with van der Waals surface area (Å²) in [6.07, 6.45) is 0. The van der Waals surface area contributed by atoms with Gasteiger partial charge in [-0.3, -0.25) is 4.79 Å². The van der Waals surface area contributed by atoms with Crippen molar-refractivity contribution in [2.24, 2.45) is 0 Å². The van der Waals surface area contributed by atoms with Crippen LogP contribution >= 0.6 is 0 Å². The number of nitrogens with zero attached hydrogens (tertiary/aromatic N) is 1. The van der Waals surface area contributed by atoms with Gasteiger partial charge in [0.1, 0.15) is 11.4 Å². The first-order chi connectivity index (χ1) is 9.58. The molecule has 0 radical (unpaired) electrons. The summed E-state index contributed by atoms with van der Waals surface area (Å²) >= 11 is 0. The van der Waals surface area contributed by atoms with Crippen LogP contribution in [0.5, 0.6) is 0 Å². The zero-order valence-corrected chi connectivity index (χ0v) is 11.1. The molecule has 0 bridgehead atoms. The standard InChI is InChI=1S/C14H16FNO4/c1-9-11-8-10(15)2-3-12(11)20-13(9)14(19)16(4-6-17)5-7-18/h2-3,8,17-18H,4-7H2,1H3. The van der Waals surface area contributed by atoms with Crippen molar-refractivity contribution in [1.82, 2.24) is 4.90 Å². The molecule has 2 rings (SSSR count). The SMILES string of the molecule is Cc1c(C(=O)N(CCO)CCO)oc2ccc(F)cc12. The van der Waals surface area contributed by atoms with Crippen molar-refractivity contribution in [2.75, 3.05) is 26.3 Å². The first-order valence-electron chi connectivity index (χ1n) is 6.28. The van der Waals surface area contributed by atoms with Crippen molar-refractivity contribution in [1.29, 1.82) is 0 Å². The van der Waals surface area contributed by atoms with E-state index in [1.807, 2.05) is 0 Å². The maximum absolute atomic E-state index is 13.2. The number of hydrogen-bond donors (Lipinski definition) is 2. The van der Waals surface area contributed by atoms with Crippen LogP contribution in [0, 0.1) is 12.7 Å². The third kappa shape index (κ3) is 2.66. The number of furan rings is 1. The smallest absolute Gasteiger partial charge is 0.290 e. The third-order valence-electron chi connectivity index (χ3n) is 3.12. The van der Waals surface area contributed by atoms with Gasteiger partial charge in [0, 0.05) is 24.0 Å². The normalized spacial score (nSPS) is 11.0. The Morgan fingerprint density at radius 1 is 1.30 bits per heavy atom. The van der Waals surface area contributed by atoms with Gasteiger partial charge in [-0.2, -0.15) is 0 Å². The number of aliphatic hydroxyl groups is 2. The molecule has 20 heavy (non-hydrogen) atoms. The Hall–Kier alpha value is -1.92. The van der Waals surface area contributed by atoms with Crippen molar-refractivity contribution >= 4 is 16.9 Å². The lowest BCUT2D eigenvalue weighted by molar-refractivity contribution is 0.0655. The third-order valence-corrected chi connectivity index (χ3v) is 3.12. The molecule has 1 heterocycles. The van der Waals surface area contributed by atoms with Gasteiger partial charge in [-0.15, -0.1) is 0 Å². The minimum absolute atomic E-state index is 0.101. The largest absolute Gasteiger partial charge is 0.451 e. The molecule has 1 aromatic carbocycles. The second-order valence-electron chi connectivity index (χ2n) is 4.44. The maximum Gasteiger partial charge on any atom is 0.290 e. The maximum atomic E-state index is 13.2. The van der Waals surface area contributed by atoms with Gasteiger partial charge in [-0.1, -0.05) is 0 Å². The van der Waals surface area contributed by atoms with E-state index in [0.29, 0.717) is 16.5 Å². The second kappa shape index (κ2) is 6.02. The predicted octanol–water partition coefficient (Wildman–Crippen LogP) is 1.31. The summed E-state index contributed by atoms with van der Waals surface area (Å²) in [4.78, 5) is 13.6. The van der Waals surface area contributed by atoms with Crippen molar-refractivity contribution in [3.8, 4) is 0 Å². The van der Waals surface area contributed by atoms with Crippen LogP contribution in [0.3, 0.4) is 0 Å². The highest BCUT2D eigenvalue weighted by Gasteiger charge is 2.22. The van der Waals surface area contributed by atoms with E-state index in [4.69, 9.17) is 14.6 Å². The Bertz CT molecular complexity index is 617. The van der Waals surface area contributed by atoms with E-state index < -0.39 is 11.7 Å². The molecule has 2 aromatic rings. The van der Waals surface area contributed by atoms with Crippen LogP contribution in [-0.2, 0) is 0 Å². The molecule has 6 heteroatoms. The number of fused-ring (bicyclic) bond motifs is 1. The molecule has 0 aliphatic carbocycles. The summed E-state index contributed by atoms with van der Waals surface area (Å²) in [5.74, 6) is -0.724. The predicted molar refractivity (Wildman–Crippen MR) is 71.0 cm³/mol. The second-order valence-corrected chi connectivity index (χ2v) is 4.44. The van der Waals surface area contributed by atoms with Crippen LogP contribution in [0.1, 0.15) is 16.1 Å². The molecule has 0 fully saturated rings. The molecule has 0 aliphatic rings. The number of carbonyl (C=O) groups excluding carboxylic acids is 1. The fourth-order valence-corrected chi connectivity index (χ4v) is 2.10. The van der Waals surface area contributed by atoms with E-state index in [1.54, 1.807) is 6.92 Å². The van der Waals surface area contributed by atoms with Gasteiger partial charge >= 0.3 is 0 Å². The Balaban J connectivity index is 2.40. The molecule has 5 nitrogen and oxygen atoms in total. The molecular formula is C14H16FNO4. The van der Waals surface area contributed by atoms with Gasteiger partial charge in [-0.25, -0.2) is 4.39 Å². The van der Waals surface area contributed by atoms with Gasteiger partial charge < -0.3 is 19.5 Å². The number of rotatable bonds is 5. The van der Waals surface area contributed by atoms with E-state index in [0.717, 1.165) is 0 Å². The summed E-state index contributed by atoms with van der Waals surface area (Å²) in [6, 6.07) is 4.04. The van der Waals surface area contributed by atoms with Gasteiger partial charge in [0.15, 0.2) is 5.76 Å². The van der Waals surface area contributed by atoms with Crippen LogP contribution < -0.4 is 0 Å². The Morgan fingerprint density at radius 2 is 1.95 bits per heavy atom. The molecule has 0 spiro atoms. The first-order valence-corrected chi connectivity index (χ1v) is 6.28. The molecule has 1 aromatic heterocycles. The molecule has 0 atom stereocenters. The number of halogens is 1. The van der Waals surface area contributed by atoms with Gasteiger partial charge in [-0.05, 0) is 25.1 Å². The van der Waals surface area contributed by atoms with Crippen molar-refractivity contribution in [2.45, 2.75) is 6.92 Å². The number of amides is 1. The summed E-state index contributed by atoms with van der Waals surface area (Å²) in [7, 11) is 0. The molecule has 0 aliphatic heterocycles. The summed E-state index contributed by atoms with van der Waals surface area (Å²) < 4.78 is 18.7. The quantitative estimate of drug-likeness (QED) is 0.866. The summed E-state index contributed by atoms with van der Waals surface area (Å²) in [6.45, 7) is 1.46.